The van der Waals surface area contributed by atoms with Gasteiger partial charge in [0.15, 0.2) is 6.17 Å². The number of carbonyl (C=O) groups is 2. The zero-order chi connectivity index (χ0) is 10.7. The summed E-state index contributed by atoms with van der Waals surface area (Å²) in [6, 6.07) is -0.607. The summed E-state index contributed by atoms with van der Waals surface area (Å²) in [6.45, 7) is 3.59. The molecule has 6 heteroatoms. The van der Waals surface area contributed by atoms with E-state index in [0.29, 0.717) is 6.61 Å². The van der Waals surface area contributed by atoms with Gasteiger partial charge < -0.3 is 4.74 Å². The number of urea groups is 1. The third-order valence-electron chi connectivity index (χ3n) is 1.98. The van der Waals surface area contributed by atoms with Crippen LogP contribution in [-0.4, -0.2) is 42.4 Å². The number of rotatable bonds is 3. The maximum Gasteiger partial charge on any atom is 0.326 e. The number of amides is 3. The van der Waals surface area contributed by atoms with Crippen molar-refractivity contribution in [2.45, 2.75) is 26.2 Å². The zero-order valence-electron chi connectivity index (χ0n) is 8.12. The molecule has 0 saturated carbocycles. The van der Waals surface area contributed by atoms with E-state index in [1.807, 2.05) is 5.32 Å². The number of nitrogens with one attached hydrogen (secondary N) is 1. The minimum absolute atomic E-state index is 0.244. The van der Waals surface area contributed by atoms with Crippen LogP contribution in [0.1, 0.15) is 13.8 Å². The van der Waals surface area contributed by atoms with Gasteiger partial charge in [0.25, 0.3) is 5.91 Å². The van der Waals surface area contributed by atoms with Gasteiger partial charge in [0.1, 0.15) is 6.23 Å². The minimum Gasteiger partial charge on any atom is -0.359 e. The lowest BCUT2D eigenvalue weighted by atomic mass is 10.2. The van der Waals surface area contributed by atoms with Crippen molar-refractivity contribution in [3.8, 4) is 0 Å². The standard InChI is InChI=1S/C8H13FN2O3/c1-3-14-5(2)11-4-6(9)7(12)10-8(11)13/h5-6H,3-4H2,1-2H3,(H,10,12,13). The molecule has 14 heavy (non-hydrogen) atoms. The van der Waals surface area contributed by atoms with E-state index in [9.17, 15) is 14.0 Å². The monoisotopic (exact) mass is 204 g/mol. The lowest BCUT2D eigenvalue weighted by Gasteiger charge is -2.32. The Bertz CT molecular complexity index is 247. The molecule has 0 aromatic carbocycles. The first-order chi connectivity index (χ1) is 6.56. The average molecular weight is 204 g/mol. The molecule has 1 saturated heterocycles. The Morgan fingerprint density at radius 1 is 1.71 bits per heavy atom. The molecule has 1 rings (SSSR count). The van der Waals surface area contributed by atoms with Crippen LogP contribution in [0.15, 0.2) is 0 Å². The van der Waals surface area contributed by atoms with Gasteiger partial charge >= 0.3 is 6.03 Å². The summed E-state index contributed by atoms with van der Waals surface area (Å²) in [5, 5.41) is 1.91. The van der Waals surface area contributed by atoms with Crippen LogP contribution in [0.4, 0.5) is 9.18 Å². The molecule has 5 nitrogen and oxygen atoms in total. The van der Waals surface area contributed by atoms with Gasteiger partial charge in [-0.2, -0.15) is 0 Å². The Morgan fingerprint density at radius 3 is 2.93 bits per heavy atom. The molecule has 80 valence electrons. The molecule has 3 amide bonds. The highest BCUT2D eigenvalue weighted by Gasteiger charge is 2.34. The molecular weight excluding hydrogens is 191 g/mol. The minimum atomic E-state index is -1.67. The van der Waals surface area contributed by atoms with Crippen molar-refractivity contribution in [1.29, 1.82) is 0 Å². The molecule has 2 unspecified atom stereocenters. The van der Waals surface area contributed by atoms with E-state index in [4.69, 9.17) is 4.74 Å². The Morgan fingerprint density at radius 2 is 2.36 bits per heavy atom. The first kappa shape index (κ1) is 10.9. The van der Waals surface area contributed by atoms with E-state index in [1.54, 1.807) is 13.8 Å². The first-order valence-corrected chi connectivity index (χ1v) is 4.43. The normalized spacial score (nSPS) is 24.8. The van der Waals surface area contributed by atoms with Crippen molar-refractivity contribution in [3.63, 3.8) is 0 Å². The molecule has 0 spiro atoms. The Hall–Kier alpha value is -1.17. The Balaban J connectivity index is 2.61. The van der Waals surface area contributed by atoms with Gasteiger partial charge in [0.05, 0.1) is 6.54 Å². The van der Waals surface area contributed by atoms with E-state index in [1.165, 1.54) is 0 Å². The lowest BCUT2D eigenvalue weighted by molar-refractivity contribution is -0.129. The summed E-state index contributed by atoms with van der Waals surface area (Å²) in [6.07, 6.45) is -2.19. The molecule has 1 fully saturated rings. The van der Waals surface area contributed by atoms with Gasteiger partial charge in [0.2, 0.25) is 0 Å². The van der Waals surface area contributed by atoms with Crippen LogP contribution in [0.3, 0.4) is 0 Å². The summed E-state index contributed by atoms with van der Waals surface area (Å²) in [7, 11) is 0. The molecule has 0 bridgehead atoms. The summed E-state index contributed by atoms with van der Waals surface area (Å²) >= 11 is 0. The number of imide groups is 1. The molecule has 0 radical (unpaired) electrons. The largest absolute Gasteiger partial charge is 0.359 e. The summed E-state index contributed by atoms with van der Waals surface area (Å²) in [4.78, 5) is 23.1. The maximum absolute atomic E-state index is 12.9. The van der Waals surface area contributed by atoms with E-state index in [0.717, 1.165) is 4.90 Å². The second-order valence-electron chi connectivity index (χ2n) is 2.97. The van der Waals surface area contributed by atoms with Crippen molar-refractivity contribution < 1.29 is 18.7 Å². The molecule has 0 aromatic rings. The second kappa shape index (κ2) is 4.36. The number of nitrogens with zero attached hydrogens (tertiary/aromatic N) is 1. The zero-order valence-corrected chi connectivity index (χ0v) is 8.12. The summed E-state index contributed by atoms with van der Waals surface area (Å²) in [5.74, 6) is -0.880. The van der Waals surface area contributed by atoms with Crippen LogP contribution < -0.4 is 5.32 Å². The van der Waals surface area contributed by atoms with Gasteiger partial charge in [-0.25, -0.2) is 9.18 Å². The fourth-order valence-electron chi connectivity index (χ4n) is 1.24. The molecule has 1 N–H and O–H groups in total. The number of hydrogen-bond acceptors (Lipinski definition) is 3. The molecule has 0 aliphatic carbocycles. The van der Waals surface area contributed by atoms with E-state index >= 15 is 0 Å². The maximum atomic E-state index is 12.9. The van der Waals surface area contributed by atoms with Crippen LogP contribution in [0, 0.1) is 0 Å². The topological polar surface area (TPSA) is 58.6 Å². The van der Waals surface area contributed by atoms with Crippen LogP contribution in [0.2, 0.25) is 0 Å². The fourth-order valence-corrected chi connectivity index (χ4v) is 1.24. The van der Waals surface area contributed by atoms with Gasteiger partial charge in [-0.15, -0.1) is 0 Å². The molecule has 1 aliphatic rings. The molecule has 2 atom stereocenters. The number of carbonyl (C=O) groups excluding carboxylic acids is 2. The lowest BCUT2D eigenvalue weighted by Crippen LogP contribution is -2.58. The predicted octanol–water partition coefficient (Wildman–Crippen LogP) is 0.259. The van der Waals surface area contributed by atoms with E-state index < -0.39 is 24.3 Å². The Labute approximate surface area is 81.2 Å². The van der Waals surface area contributed by atoms with Gasteiger partial charge in [-0.1, -0.05) is 0 Å². The van der Waals surface area contributed by atoms with E-state index in [2.05, 4.69) is 0 Å². The first-order valence-electron chi connectivity index (χ1n) is 4.43. The molecule has 1 heterocycles. The third kappa shape index (κ3) is 2.20. The fraction of sp³-hybridized carbons (Fsp3) is 0.750. The Kier molecular flexibility index (Phi) is 3.40. The summed E-state index contributed by atoms with van der Waals surface area (Å²) < 4.78 is 18.1. The molecule has 1 aliphatic heterocycles. The molecular formula is C8H13FN2O3. The second-order valence-corrected chi connectivity index (χ2v) is 2.97. The van der Waals surface area contributed by atoms with Gasteiger partial charge in [-0.3, -0.25) is 15.0 Å². The highest BCUT2D eigenvalue weighted by Crippen LogP contribution is 2.09. The van der Waals surface area contributed by atoms with Crippen LogP contribution in [0.5, 0.6) is 0 Å². The van der Waals surface area contributed by atoms with Crippen molar-refractivity contribution in [2.75, 3.05) is 13.2 Å². The van der Waals surface area contributed by atoms with Crippen molar-refractivity contribution in [1.82, 2.24) is 10.2 Å². The average Bonchev–Trinajstić information content (AvgIpc) is 2.11. The molecule has 0 aromatic heterocycles. The highest BCUT2D eigenvalue weighted by atomic mass is 19.1. The predicted molar refractivity (Wildman–Crippen MR) is 46.2 cm³/mol. The van der Waals surface area contributed by atoms with Gasteiger partial charge in [-0.05, 0) is 13.8 Å². The SMILES string of the molecule is CCOC(C)N1CC(F)C(=O)NC1=O. The van der Waals surface area contributed by atoms with Crippen LogP contribution in [0.25, 0.3) is 0 Å². The summed E-state index contributed by atoms with van der Waals surface area (Å²) in [5.41, 5.74) is 0. The number of hydrogen-bond donors (Lipinski definition) is 1. The highest BCUT2D eigenvalue weighted by molar-refractivity contribution is 5.99. The smallest absolute Gasteiger partial charge is 0.326 e. The van der Waals surface area contributed by atoms with Crippen molar-refractivity contribution in [3.05, 3.63) is 0 Å². The quantitative estimate of drug-likeness (QED) is 0.717. The van der Waals surface area contributed by atoms with Crippen molar-refractivity contribution >= 4 is 11.9 Å². The van der Waals surface area contributed by atoms with Gasteiger partial charge in [0, 0.05) is 6.61 Å². The van der Waals surface area contributed by atoms with Crippen molar-refractivity contribution in [2.24, 2.45) is 0 Å². The number of alkyl halides is 1. The van der Waals surface area contributed by atoms with Crippen LogP contribution in [-0.2, 0) is 9.53 Å². The van der Waals surface area contributed by atoms with Crippen LogP contribution >= 0.6 is 0 Å². The van der Waals surface area contributed by atoms with E-state index in [-0.39, 0.29) is 6.54 Å². The number of ether oxygens (including phenoxy) is 1. The number of halogens is 1. The third-order valence-corrected chi connectivity index (χ3v) is 1.98.